The van der Waals surface area contributed by atoms with Crippen LogP contribution in [-0.2, 0) is 4.79 Å². The van der Waals surface area contributed by atoms with Crippen molar-refractivity contribution >= 4 is 70.3 Å². The quantitative estimate of drug-likeness (QED) is 0.490. The van der Waals surface area contributed by atoms with E-state index < -0.39 is 15.9 Å². The number of hydrogen-bond donors (Lipinski definition) is 2. The standard InChI is InChI=1S/C10H7Cl5N2O2/c11-6-2-1-5(3-7(6)12)8(19)17-9(16-4-18)10(13,14)15/h1-4,9H,(H,16,18)(H,17,19). The molecule has 1 unspecified atom stereocenters. The normalized spacial score (nSPS) is 12.7. The van der Waals surface area contributed by atoms with Gasteiger partial charge in [0.15, 0.2) is 0 Å². The first-order valence-corrected chi connectivity index (χ1v) is 6.67. The summed E-state index contributed by atoms with van der Waals surface area (Å²) < 4.78 is -1.90. The van der Waals surface area contributed by atoms with Crippen molar-refractivity contribution in [3.8, 4) is 0 Å². The Morgan fingerprint density at radius 2 is 1.84 bits per heavy atom. The van der Waals surface area contributed by atoms with Gasteiger partial charge < -0.3 is 10.6 Å². The van der Waals surface area contributed by atoms with Gasteiger partial charge in [0.1, 0.15) is 6.17 Å². The van der Waals surface area contributed by atoms with Crippen LogP contribution in [0.5, 0.6) is 0 Å². The molecule has 1 rings (SSSR count). The Labute approximate surface area is 134 Å². The summed E-state index contributed by atoms with van der Waals surface area (Å²) in [4.78, 5) is 22.3. The van der Waals surface area contributed by atoms with Crippen molar-refractivity contribution in [2.75, 3.05) is 0 Å². The van der Waals surface area contributed by atoms with E-state index >= 15 is 0 Å². The van der Waals surface area contributed by atoms with Crippen LogP contribution in [0.1, 0.15) is 10.4 Å². The summed E-state index contributed by atoms with van der Waals surface area (Å²) in [5, 5.41) is 5.04. The maximum Gasteiger partial charge on any atom is 0.253 e. The van der Waals surface area contributed by atoms with Gasteiger partial charge in [0, 0.05) is 5.56 Å². The molecule has 104 valence electrons. The van der Waals surface area contributed by atoms with Crippen LogP contribution < -0.4 is 10.6 Å². The van der Waals surface area contributed by atoms with Crippen molar-refractivity contribution < 1.29 is 9.59 Å². The molecule has 9 heteroatoms. The SMILES string of the molecule is O=CNC(NC(=O)c1ccc(Cl)c(Cl)c1)C(Cl)(Cl)Cl. The molecule has 0 aliphatic heterocycles. The second-order valence-corrected chi connectivity index (χ2v) is 6.54. The Bertz CT molecular complexity index is 489. The Hall–Kier alpha value is -0.390. The van der Waals surface area contributed by atoms with Gasteiger partial charge in [-0.05, 0) is 18.2 Å². The zero-order valence-corrected chi connectivity index (χ0v) is 12.9. The van der Waals surface area contributed by atoms with Crippen molar-refractivity contribution in [1.29, 1.82) is 0 Å². The second kappa shape index (κ2) is 6.86. The summed E-state index contributed by atoms with van der Waals surface area (Å²) in [6, 6.07) is 4.26. The highest BCUT2D eigenvalue weighted by Gasteiger charge is 2.33. The first-order chi connectivity index (χ1) is 8.75. The van der Waals surface area contributed by atoms with E-state index in [2.05, 4.69) is 10.6 Å². The maximum atomic E-state index is 11.9. The topological polar surface area (TPSA) is 58.2 Å². The minimum atomic E-state index is -1.90. The molecule has 4 nitrogen and oxygen atoms in total. The van der Waals surface area contributed by atoms with Crippen LogP contribution in [0.2, 0.25) is 10.0 Å². The van der Waals surface area contributed by atoms with Gasteiger partial charge in [0.25, 0.3) is 5.91 Å². The van der Waals surface area contributed by atoms with Crippen LogP contribution >= 0.6 is 58.0 Å². The van der Waals surface area contributed by atoms with E-state index in [1.807, 2.05) is 0 Å². The number of alkyl halides is 3. The highest BCUT2D eigenvalue weighted by Crippen LogP contribution is 2.29. The van der Waals surface area contributed by atoms with Crippen LogP contribution in [0.15, 0.2) is 18.2 Å². The first-order valence-electron chi connectivity index (χ1n) is 4.78. The van der Waals surface area contributed by atoms with E-state index in [9.17, 15) is 9.59 Å². The summed E-state index contributed by atoms with van der Waals surface area (Å²) >= 11 is 28.4. The second-order valence-electron chi connectivity index (χ2n) is 3.36. The minimum absolute atomic E-state index is 0.210. The highest BCUT2D eigenvalue weighted by atomic mass is 35.6. The van der Waals surface area contributed by atoms with E-state index in [1.165, 1.54) is 18.2 Å². The van der Waals surface area contributed by atoms with E-state index in [4.69, 9.17) is 58.0 Å². The monoisotopic (exact) mass is 362 g/mol. The fourth-order valence-electron chi connectivity index (χ4n) is 1.14. The molecule has 0 saturated carbocycles. The molecule has 0 aromatic heterocycles. The van der Waals surface area contributed by atoms with Crippen molar-refractivity contribution in [3.05, 3.63) is 33.8 Å². The molecule has 1 aromatic rings. The van der Waals surface area contributed by atoms with Crippen molar-refractivity contribution in [2.24, 2.45) is 0 Å². The zero-order chi connectivity index (χ0) is 14.6. The lowest BCUT2D eigenvalue weighted by molar-refractivity contribution is -0.110. The number of rotatable bonds is 4. The smallest absolute Gasteiger partial charge is 0.253 e. The molecule has 0 fully saturated rings. The van der Waals surface area contributed by atoms with Crippen LogP contribution in [0.4, 0.5) is 0 Å². The highest BCUT2D eigenvalue weighted by molar-refractivity contribution is 6.68. The maximum absolute atomic E-state index is 11.9. The number of hydrogen-bond acceptors (Lipinski definition) is 2. The van der Waals surface area contributed by atoms with Gasteiger partial charge in [-0.1, -0.05) is 58.0 Å². The lowest BCUT2D eigenvalue weighted by atomic mass is 10.2. The number of carbonyl (C=O) groups excluding carboxylic acids is 2. The predicted octanol–water partition coefficient (Wildman–Crippen LogP) is 3.17. The number of carbonyl (C=O) groups is 2. The van der Waals surface area contributed by atoms with Gasteiger partial charge >= 0.3 is 0 Å². The molecule has 1 atom stereocenters. The lowest BCUT2D eigenvalue weighted by Gasteiger charge is -2.24. The van der Waals surface area contributed by atoms with Crippen LogP contribution in [-0.4, -0.2) is 22.3 Å². The van der Waals surface area contributed by atoms with E-state index in [0.717, 1.165) is 0 Å². The van der Waals surface area contributed by atoms with E-state index in [0.29, 0.717) is 11.4 Å². The first kappa shape index (κ1) is 16.7. The van der Waals surface area contributed by atoms with Crippen molar-refractivity contribution in [3.63, 3.8) is 0 Å². The number of amides is 2. The van der Waals surface area contributed by atoms with Gasteiger partial charge in [-0.2, -0.15) is 0 Å². The van der Waals surface area contributed by atoms with Gasteiger partial charge in [0.2, 0.25) is 10.2 Å². The Balaban J connectivity index is 2.87. The minimum Gasteiger partial charge on any atom is -0.335 e. The van der Waals surface area contributed by atoms with Crippen LogP contribution in [0.3, 0.4) is 0 Å². The fourth-order valence-corrected chi connectivity index (χ4v) is 1.79. The summed E-state index contributed by atoms with van der Waals surface area (Å²) in [6.45, 7) is 0. The molecule has 0 bridgehead atoms. The molecule has 2 amide bonds. The van der Waals surface area contributed by atoms with Crippen molar-refractivity contribution in [1.82, 2.24) is 10.6 Å². The van der Waals surface area contributed by atoms with E-state index in [-0.39, 0.29) is 10.6 Å². The van der Waals surface area contributed by atoms with Crippen LogP contribution in [0, 0.1) is 0 Å². The number of halogens is 5. The number of benzene rings is 1. The molecule has 0 aliphatic carbocycles. The molecule has 0 spiro atoms. The number of nitrogens with one attached hydrogen (secondary N) is 2. The Morgan fingerprint density at radius 1 is 1.21 bits per heavy atom. The fraction of sp³-hybridized carbons (Fsp3) is 0.200. The molecule has 0 saturated heterocycles. The molecule has 0 radical (unpaired) electrons. The third-order valence-corrected chi connectivity index (χ3v) is 3.41. The summed E-state index contributed by atoms with van der Waals surface area (Å²) in [7, 11) is 0. The largest absolute Gasteiger partial charge is 0.335 e. The van der Waals surface area contributed by atoms with Gasteiger partial charge in [0.05, 0.1) is 10.0 Å². The average Bonchev–Trinajstić information content (AvgIpc) is 2.30. The Kier molecular flexibility index (Phi) is 6.02. The van der Waals surface area contributed by atoms with Crippen LogP contribution in [0.25, 0.3) is 0 Å². The summed E-state index contributed by atoms with van der Waals surface area (Å²) in [6.07, 6.45) is -0.876. The summed E-state index contributed by atoms with van der Waals surface area (Å²) in [5.41, 5.74) is 0.210. The molecule has 1 aromatic carbocycles. The third kappa shape index (κ3) is 4.89. The lowest BCUT2D eigenvalue weighted by Crippen LogP contribution is -2.52. The molecule has 0 heterocycles. The molecule has 0 aliphatic rings. The molecular weight excluding hydrogens is 357 g/mol. The molecule has 2 N–H and O–H groups in total. The van der Waals surface area contributed by atoms with E-state index in [1.54, 1.807) is 0 Å². The zero-order valence-electron chi connectivity index (χ0n) is 9.09. The summed E-state index contributed by atoms with van der Waals surface area (Å²) in [5.74, 6) is -0.579. The predicted molar refractivity (Wildman–Crippen MR) is 77.2 cm³/mol. The van der Waals surface area contributed by atoms with Gasteiger partial charge in [-0.3, -0.25) is 9.59 Å². The third-order valence-electron chi connectivity index (χ3n) is 2.02. The van der Waals surface area contributed by atoms with Crippen molar-refractivity contribution in [2.45, 2.75) is 9.96 Å². The molecule has 19 heavy (non-hydrogen) atoms. The Morgan fingerprint density at radius 3 is 2.32 bits per heavy atom. The molecular formula is C10H7Cl5N2O2. The van der Waals surface area contributed by atoms with Gasteiger partial charge in [-0.15, -0.1) is 0 Å². The van der Waals surface area contributed by atoms with Gasteiger partial charge in [-0.25, -0.2) is 0 Å². The average molecular weight is 364 g/mol.